The molecule has 0 saturated heterocycles. The Hall–Kier alpha value is -2.83. The molecular formula is C25H29ClN2O4. The molecule has 0 bridgehead atoms. The third kappa shape index (κ3) is 5.69. The van der Waals surface area contributed by atoms with Gasteiger partial charge < -0.3 is 19.9 Å². The van der Waals surface area contributed by atoms with Crippen LogP contribution in [0.3, 0.4) is 0 Å². The number of benzene rings is 2. The fourth-order valence-electron chi connectivity index (χ4n) is 3.57. The second-order valence-corrected chi connectivity index (χ2v) is 8.12. The lowest BCUT2D eigenvalue weighted by Gasteiger charge is -2.26. The maximum atomic E-state index is 13.2. The number of aliphatic hydroxyl groups excluding tert-OH is 1. The van der Waals surface area contributed by atoms with Gasteiger partial charge in [0.1, 0.15) is 11.9 Å². The monoisotopic (exact) mass is 456 g/mol. The first kappa shape index (κ1) is 23.8. The smallest absolute Gasteiger partial charge is 0.252 e. The van der Waals surface area contributed by atoms with Crippen molar-refractivity contribution in [3.8, 4) is 5.75 Å². The summed E-state index contributed by atoms with van der Waals surface area (Å²) in [7, 11) is 0. The van der Waals surface area contributed by atoms with Gasteiger partial charge in [-0.2, -0.15) is 0 Å². The Morgan fingerprint density at radius 1 is 1.34 bits per heavy atom. The van der Waals surface area contributed by atoms with Crippen LogP contribution in [0.4, 0.5) is 0 Å². The Balaban J connectivity index is 1.70. The van der Waals surface area contributed by atoms with Crippen LogP contribution < -0.4 is 10.1 Å². The van der Waals surface area contributed by atoms with E-state index in [0.717, 1.165) is 11.1 Å². The molecule has 170 valence electrons. The molecular weight excluding hydrogens is 428 g/mol. The molecule has 7 heteroatoms. The Bertz CT molecular complexity index is 961. The molecule has 0 spiro atoms. The SMILES string of the molecule is C=CC[C@@]1(C(=O)NCCc2cccc(Cl)c2)N=C(c2ccc(OCCCO)cc2)O[C@@H]1C. The lowest BCUT2D eigenvalue weighted by atomic mass is 9.89. The van der Waals surface area contributed by atoms with Crippen molar-refractivity contribution in [2.75, 3.05) is 19.8 Å². The molecule has 0 saturated carbocycles. The average Bonchev–Trinajstić information content (AvgIpc) is 3.12. The fraction of sp³-hybridized carbons (Fsp3) is 0.360. The number of hydrogen-bond acceptors (Lipinski definition) is 5. The maximum Gasteiger partial charge on any atom is 0.252 e. The van der Waals surface area contributed by atoms with E-state index in [9.17, 15) is 4.79 Å². The number of aliphatic imine (C=N–C) groups is 1. The van der Waals surface area contributed by atoms with E-state index in [2.05, 4.69) is 11.9 Å². The summed E-state index contributed by atoms with van der Waals surface area (Å²) in [6.07, 6.45) is 2.86. The van der Waals surface area contributed by atoms with Gasteiger partial charge in [0.2, 0.25) is 5.90 Å². The van der Waals surface area contributed by atoms with Gasteiger partial charge >= 0.3 is 0 Å². The van der Waals surface area contributed by atoms with Gasteiger partial charge in [-0.15, -0.1) is 6.58 Å². The van der Waals surface area contributed by atoms with Gasteiger partial charge in [0.05, 0.1) is 6.61 Å². The zero-order valence-electron chi connectivity index (χ0n) is 18.2. The molecule has 6 nitrogen and oxygen atoms in total. The van der Waals surface area contributed by atoms with Gasteiger partial charge in [0.15, 0.2) is 5.54 Å². The average molecular weight is 457 g/mol. The van der Waals surface area contributed by atoms with Crippen LogP contribution in [0.15, 0.2) is 66.2 Å². The van der Waals surface area contributed by atoms with Crippen LogP contribution in [-0.4, -0.2) is 48.3 Å². The predicted molar refractivity (Wildman–Crippen MR) is 126 cm³/mol. The number of carbonyl (C=O) groups excluding carboxylic acids is 1. The van der Waals surface area contributed by atoms with E-state index in [1.807, 2.05) is 55.5 Å². The largest absolute Gasteiger partial charge is 0.494 e. The van der Waals surface area contributed by atoms with Crippen LogP contribution in [0.2, 0.25) is 5.02 Å². The Morgan fingerprint density at radius 3 is 2.81 bits per heavy atom. The van der Waals surface area contributed by atoms with E-state index in [1.165, 1.54) is 0 Å². The molecule has 1 aliphatic rings. The van der Waals surface area contributed by atoms with Crippen LogP contribution in [0, 0.1) is 0 Å². The summed E-state index contributed by atoms with van der Waals surface area (Å²) in [5, 5.41) is 12.5. The fourth-order valence-corrected chi connectivity index (χ4v) is 3.78. The topological polar surface area (TPSA) is 80.2 Å². The molecule has 2 N–H and O–H groups in total. The second kappa shape index (κ2) is 11.2. The zero-order valence-corrected chi connectivity index (χ0v) is 19.0. The summed E-state index contributed by atoms with van der Waals surface area (Å²) < 4.78 is 11.6. The maximum absolute atomic E-state index is 13.2. The Labute approximate surface area is 193 Å². The molecule has 3 rings (SSSR count). The van der Waals surface area contributed by atoms with E-state index in [-0.39, 0.29) is 12.5 Å². The second-order valence-electron chi connectivity index (χ2n) is 7.68. The van der Waals surface area contributed by atoms with Crippen molar-refractivity contribution in [2.24, 2.45) is 4.99 Å². The minimum absolute atomic E-state index is 0.0904. The molecule has 1 amide bonds. The highest BCUT2D eigenvalue weighted by Gasteiger charge is 2.49. The molecule has 2 aromatic rings. The molecule has 1 aliphatic heterocycles. The quantitative estimate of drug-likeness (QED) is 0.396. The minimum Gasteiger partial charge on any atom is -0.494 e. The number of rotatable bonds is 11. The summed E-state index contributed by atoms with van der Waals surface area (Å²) in [6, 6.07) is 14.9. The van der Waals surface area contributed by atoms with Crippen LogP contribution >= 0.6 is 11.6 Å². The summed E-state index contributed by atoms with van der Waals surface area (Å²) in [6.45, 7) is 6.67. The van der Waals surface area contributed by atoms with Crippen molar-refractivity contribution in [3.63, 3.8) is 0 Å². The number of carbonyl (C=O) groups is 1. The first-order valence-corrected chi connectivity index (χ1v) is 11.1. The molecule has 32 heavy (non-hydrogen) atoms. The van der Waals surface area contributed by atoms with Crippen molar-refractivity contribution in [3.05, 3.63) is 77.3 Å². The molecule has 0 radical (unpaired) electrons. The standard InChI is InChI=1S/C25H29ClN2O4/c1-3-13-25(24(30)27-14-12-19-6-4-7-21(26)17-19)18(2)32-23(28-25)20-8-10-22(11-9-20)31-16-5-15-29/h3-4,6-11,17-18,29H,1,5,12-16H2,2H3,(H,27,30)/t18-,25-/m1/s1. The number of ether oxygens (including phenoxy) is 2. The number of nitrogens with zero attached hydrogens (tertiary/aromatic N) is 1. The van der Waals surface area contributed by atoms with Crippen molar-refractivity contribution in [1.82, 2.24) is 5.32 Å². The van der Waals surface area contributed by atoms with E-state index < -0.39 is 11.6 Å². The van der Waals surface area contributed by atoms with Crippen molar-refractivity contribution < 1.29 is 19.4 Å². The zero-order chi connectivity index (χ0) is 23.0. The summed E-state index contributed by atoms with van der Waals surface area (Å²) in [5.74, 6) is 0.932. The van der Waals surface area contributed by atoms with Gasteiger partial charge in [-0.05, 0) is 55.3 Å². The number of halogens is 1. The molecule has 1 heterocycles. The van der Waals surface area contributed by atoms with Crippen molar-refractivity contribution >= 4 is 23.4 Å². The van der Waals surface area contributed by atoms with Gasteiger partial charge in [0.25, 0.3) is 5.91 Å². The Morgan fingerprint density at radius 2 is 2.12 bits per heavy atom. The van der Waals surface area contributed by atoms with Gasteiger partial charge in [0, 0.05) is 36.6 Å². The number of aliphatic hydroxyl groups is 1. The molecule has 2 aromatic carbocycles. The van der Waals surface area contributed by atoms with Crippen molar-refractivity contribution in [1.29, 1.82) is 0 Å². The highest BCUT2D eigenvalue weighted by Crippen LogP contribution is 2.32. The van der Waals surface area contributed by atoms with Crippen LogP contribution in [0.25, 0.3) is 0 Å². The first-order chi connectivity index (χ1) is 15.5. The van der Waals surface area contributed by atoms with Gasteiger partial charge in [-0.3, -0.25) is 4.79 Å². The van der Waals surface area contributed by atoms with Crippen LogP contribution in [-0.2, 0) is 16.0 Å². The third-order valence-electron chi connectivity index (χ3n) is 5.37. The minimum atomic E-state index is -1.07. The summed E-state index contributed by atoms with van der Waals surface area (Å²) in [4.78, 5) is 17.9. The van der Waals surface area contributed by atoms with E-state index in [0.29, 0.717) is 49.1 Å². The number of nitrogens with one attached hydrogen (secondary N) is 1. The normalized spacial score (nSPS) is 19.7. The molecule has 0 fully saturated rings. The van der Waals surface area contributed by atoms with E-state index in [4.69, 9.17) is 31.2 Å². The summed E-state index contributed by atoms with van der Waals surface area (Å²) >= 11 is 6.04. The Kier molecular flexibility index (Phi) is 8.31. The first-order valence-electron chi connectivity index (χ1n) is 10.7. The highest BCUT2D eigenvalue weighted by atomic mass is 35.5. The van der Waals surface area contributed by atoms with Crippen LogP contribution in [0.5, 0.6) is 5.75 Å². The van der Waals surface area contributed by atoms with Gasteiger partial charge in [-0.1, -0.05) is 29.8 Å². The lowest BCUT2D eigenvalue weighted by Crippen LogP contribution is -2.51. The summed E-state index contributed by atoms with van der Waals surface area (Å²) in [5.41, 5.74) is 0.752. The van der Waals surface area contributed by atoms with Crippen molar-refractivity contribution in [2.45, 2.75) is 37.8 Å². The highest BCUT2D eigenvalue weighted by molar-refractivity contribution is 6.30. The van der Waals surface area contributed by atoms with Gasteiger partial charge in [-0.25, -0.2) is 4.99 Å². The molecule has 0 unspecified atom stereocenters. The predicted octanol–water partition coefficient (Wildman–Crippen LogP) is 3.94. The molecule has 2 atom stereocenters. The third-order valence-corrected chi connectivity index (χ3v) is 5.61. The van der Waals surface area contributed by atoms with E-state index in [1.54, 1.807) is 6.08 Å². The molecule has 0 aromatic heterocycles. The lowest BCUT2D eigenvalue weighted by molar-refractivity contribution is -0.128. The molecule has 0 aliphatic carbocycles. The van der Waals surface area contributed by atoms with Crippen LogP contribution in [0.1, 0.15) is 30.9 Å². The number of amides is 1. The van der Waals surface area contributed by atoms with E-state index >= 15 is 0 Å². The number of hydrogen-bond donors (Lipinski definition) is 2.